The summed E-state index contributed by atoms with van der Waals surface area (Å²) in [6.07, 6.45) is 1.51. The minimum Gasteiger partial charge on any atom is -0.383 e. The molecule has 0 aliphatic heterocycles. The van der Waals surface area contributed by atoms with E-state index in [0.717, 1.165) is 16.8 Å². The van der Waals surface area contributed by atoms with Gasteiger partial charge in [0.05, 0.1) is 5.69 Å². The molecule has 3 aromatic rings. The minimum absolute atomic E-state index is 0.535. The predicted molar refractivity (Wildman–Crippen MR) is 74.1 cm³/mol. The fourth-order valence-corrected chi connectivity index (χ4v) is 2.17. The lowest BCUT2D eigenvalue weighted by Crippen LogP contribution is -1.98. The van der Waals surface area contributed by atoms with Crippen LogP contribution in [0.1, 0.15) is 5.56 Å². The van der Waals surface area contributed by atoms with E-state index < -0.39 is 0 Å². The molecule has 2 N–H and O–H groups in total. The molecule has 1 aromatic heterocycles. The second kappa shape index (κ2) is 4.11. The second-order valence-corrected chi connectivity index (χ2v) is 4.26. The lowest BCUT2D eigenvalue weighted by molar-refractivity contribution is 1.15. The number of hydrogen-bond donors (Lipinski definition) is 1. The van der Waals surface area contributed by atoms with Gasteiger partial charge < -0.3 is 5.73 Å². The van der Waals surface area contributed by atoms with Crippen LogP contribution in [-0.2, 0) is 0 Å². The van der Waals surface area contributed by atoms with E-state index in [9.17, 15) is 0 Å². The largest absolute Gasteiger partial charge is 0.383 e. The first-order valence-corrected chi connectivity index (χ1v) is 5.82. The molecule has 0 spiro atoms. The van der Waals surface area contributed by atoms with Crippen molar-refractivity contribution < 1.29 is 0 Å². The highest BCUT2D eigenvalue weighted by atomic mass is 14.9. The predicted octanol–water partition coefficient (Wildman–Crippen LogP) is 3.19. The summed E-state index contributed by atoms with van der Waals surface area (Å²) >= 11 is 0. The number of benzene rings is 2. The molecular formula is C15H13N3. The third kappa shape index (κ3) is 1.61. The van der Waals surface area contributed by atoms with E-state index in [-0.39, 0.29) is 0 Å². The molecule has 18 heavy (non-hydrogen) atoms. The molecule has 0 radical (unpaired) electrons. The maximum Gasteiger partial charge on any atom is 0.130 e. The molecule has 3 rings (SSSR count). The zero-order valence-electron chi connectivity index (χ0n) is 10.1. The zero-order valence-corrected chi connectivity index (χ0v) is 10.1. The van der Waals surface area contributed by atoms with Gasteiger partial charge in [-0.2, -0.15) is 0 Å². The van der Waals surface area contributed by atoms with Crippen molar-refractivity contribution in [3.05, 3.63) is 54.4 Å². The van der Waals surface area contributed by atoms with Crippen LogP contribution >= 0.6 is 0 Å². The van der Waals surface area contributed by atoms with Crippen LogP contribution in [0.25, 0.3) is 22.0 Å². The molecular weight excluding hydrogens is 222 g/mol. The number of anilines is 1. The van der Waals surface area contributed by atoms with E-state index in [0.29, 0.717) is 5.82 Å². The Labute approximate surface area is 105 Å². The Morgan fingerprint density at radius 1 is 0.944 bits per heavy atom. The summed E-state index contributed by atoms with van der Waals surface area (Å²) in [6, 6.07) is 14.5. The first-order valence-electron chi connectivity index (χ1n) is 5.82. The standard InChI is InChI=1S/C15H13N3/c1-10-14(17-9-18-15(10)16)13-8-4-6-11-5-2-3-7-12(11)13/h2-9H,1H3,(H2,16,17,18). The molecule has 3 nitrogen and oxygen atoms in total. The summed E-state index contributed by atoms with van der Waals surface area (Å²) in [5.74, 6) is 0.535. The van der Waals surface area contributed by atoms with Crippen LogP contribution in [0.3, 0.4) is 0 Å². The highest BCUT2D eigenvalue weighted by Gasteiger charge is 2.09. The molecule has 0 aliphatic carbocycles. The van der Waals surface area contributed by atoms with Crippen LogP contribution < -0.4 is 5.73 Å². The maximum absolute atomic E-state index is 5.85. The van der Waals surface area contributed by atoms with E-state index in [1.165, 1.54) is 17.1 Å². The lowest BCUT2D eigenvalue weighted by Gasteiger charge is -2.09. The van der Waals surface area contributed by atoms with Crippen molar-refractivity contribution in [2.24, 2.45) is 0 Å². The Balaban J connectivity index is 2.35. The molecule has 1 heterocycles. The van der Waals surface area contributed by atoms with E-state index in [1.54, 1.807) is 0 Å². The Bertz CT molecular complexity index is 715. The first kappa shape index (κ1) is 10.7. The minimum atomic E-state index is 0.535. The van der Waals surface area contributed by atoms with Gasteiger partial charge in [0.25, 0.3) is 0 Å². The van der Waals surface area contributed by atoms with Crippen LogP contribution in [0.2, 0.25) is 0 Å². The van der Waals surface area contributed by atoms with E-state index in [2.05, 4.69) is 34.2 Å². The Hall–Kier alpha value is -2.42. The molecule has 3 heteroatoms. The van der Waals surface area contributed by atoms with Crippen molar-refractivity contribution in [2.45, 2.75) is 6.92 Å². The van der Waals surface area contributed by atoms with Crippen LogP contribution in [0.15, 0.2) is 48.8 Å². The van der Waals surface area contributed by atoms with E-state index >= 15 is 0 Å². The Morgan fingerprint density at radius 2 is 1.72 bits per heavy atom. The molecule has 0 fully saturated rings. The highest BCUT2D eigenvalue weighted by Crippen LogP contribution is 2.30. The summed E-state index contributed by atoms with van der Waals surface area (Å²) < 4.78 is 0. The van der Waals surface area contributed by atoms with Crippen molar-refractivity contribution in [3.8, 4) is 11.3 Å². The van der Waals surface area contributed by atoms with Crippen LogP contribution in [0, 0.1) is 6.92 Å². The van der Waals surface area contributed by atoms with Crippen molar-refractivity contribution >= 4 is 16.6 Å². The smallest absolute Gasteiger partial charge is 0.130 e. The SMILES string of the molecule is Cc1c(N)ncnc1-c1cccc2ccccc12. The Kier molecular flexibility index (Phi) is 2.45. The van der Waals surface area contributed by atoms with Crippen molar-refractivity contribution in [1.82, 2.24) is 9.97 Å². The number of aromatic nitrogens is 2. The molecule has 2 aromatic carbocycles. The van der Waals surface area contributed by atoms with Gasteiger partial charge in [-0.3, -0.25) is 0 Å². The average molecular weight is 235 g/mol. The highest BCUT2D eigenvalue weighted by molar-refractivity contribution is 5.96. The van der Waals surface area contributed by atoms with Gasteiger partial charge in [-0.1, -0.05) is 42.5 Å². The summed E-state index contributed by atoms with van der Waals surface area (Å²) in [5, 5.41) is 2.38. The summed E-state index contributed by atoms with van der Waals surface area (Å²) in [4.78, 5) is 8.38. The van der Waals surface area contributed by atoms with Crippen molar-refractivity contribution in [3.63, 3.8) is 0 Å². The van der Waals surface area contributed by atoms with Gasteiger partial charge in [-0.25, -0.2) is 9.97 Å². The van der Waals surface area contributed by atoms with Gasteiger partial charge in [0.1, 0.15) is 12.1 Å². The van der Waals surface area contributed by atoms with Crippen molar-refractivity contribution in [2.75, 3.05) is 5.73 Å². The topological polar surface area (TPSA) is 51.8 Å². The monoisotopic (exact) mass is 235 g/mol. The number of nitrogens with two attached hydrogens (primary N) is 1. The van der Waals surface area contributed by atoms with Crippen LogP contribution in [0.5, 0.6) is 0 Å². The van der Waals surface area contributed by atoms with Gasteiger partial charge in [-0.15, -0.1) is 0 Å². The van der Waals surface area contributed by atoms with E-state index in [4.69, 9.17) is 5.73 Å². The molecule has 0 saturated heterocycles. The molecule has 88 valence electrons. The molecule has 0 atom stereocenters. The quantitative estimate of drug-likeness (QED) is 0.704. The second-order valence-electron chi connectivity index (χ2n) is 4.26. The van der Waals surface area contributed by atoms with Crippen LogP contribution in [0.4, 0.5) is 5.82 Å². The third-order valence-electron chi connectivity index (χ3n) is 3.17. The van der Waals surface area contributed by atoms with Gasteiger partial charge in [-0.05, 0) is 17.7 Å². The lowest BCUT2D eigenvalue weighted by atomic mass is 10.00. The fourth-order valence-electron chi connectivity index (χ4n) is 2.17. The molecule has 0 amide bonds. The average Bonchev–Trinajstić information content (AvgIpc) is 2.41. The maximum atomic E-state index is 5.85. The summed E-state index contributed by atoms with van der Waals surface area (Å²) in [5.41, 5.74) is 8.77. The van der Waals surface area contributed by atoms with E-state index in [1.807, 2.05) is 25.1 Å². The fraction of sp³-hybridized carbons (Fsp3) is 0.0667. The number of nitrogen functional groups attached to an aromatic ring is 1. The van der Waals surface area contributed by atoms with Gasteiger partial charge >= 0.3 is 0 Å². The van der Waals surface area contributed by atoms with Crippen molar-refractivity contribution in [1.29, 1.82) is 0 Å². The normalized spacial score (nSPS) is 10.7. The van der Waals surface area contributed by atoms with Gasteiger partial charge in [0, 0.05) is 11.1 Å². The summed E-state index contributed by atoms with van der Waals surface area (Å²) in [6.45, 7) is 1.95. The number of nitrogens with zero attached hydrogens (tertiary/aromatic N) is 2. The Morgan fingerprint density at radius 3 is 2.61 bits per heavy atom. The van der Waals surface area contributed by atoms with Gasteiger partial charge in [0.15, 0.2) is 0 Å². The zero-order chi connectivity index (χ0) is 12.5. The molecule has 0 unspecified atom stereocenters. The van der Waals surface area contributed by atoms with Gasteiger partial charge in [0.2, 0.25) is 0 Å². The van der Waals surface area contributed by atoms with Crippen LogP contribution in [-0.4, -0.2) is 9.97 Å². The number of rotatable bonds is 1. The summed E-state index contributed by atoms with van der Waals surface area (Å²) in [7, 11) is 0. The molecule has 0 aliphatic rings. The first-order chi connectivity index (χ1) is 8.77. The third-order valence-corrected chi connectivity index (χ3v) is 3.17. The molecule has 0 saturated carbocycles. The molecule has 0 bridgehead atoms. The number of fused-ring (bicyclic) bond motifs is 1. The number of hydrogen-bond acceptors (Lipinski definition) is 3.